The zero-order valence-corrected chi connectivity index (χ0v) is 17.7. The lowest BCUT2D eigenvalue weighted by Crippen LogP contribution is -2.24. The van der Waals surface area contributed by atoms with Crippen molar-refractivity contribution in [3.8, 4) is 0 Å². The van der Waals surface area contributed by atoms with Crippen molar-refractivity contribution in [1.82, 2.24) is 0 Å². The summed E-state index contributed by atoms with van der Waals surface area (Å²) in [5.41, 5.74) is 0. The van der Waals surface area contributed by atoms with Crippen LogP contribution in [0.4, 0.5) is 0 Å². The molecule has 0 spiro atoms. The minimum absolute atomic E-state index is 0.233. The molecule has 0 N–H and O–H groups in total. The second-order valence-electron chi connectivity index (χ2n) is 6.90. The van der Waals surface area contributed by atoms with E-state index in [0.29, 0.717) is 4.90 Å². The zero-order chi connectivity index (χ0) is 20.0. The van der Waals surface area contributed by atoms with Gasteiger partial charge >= 0.3 is 0 Å². The molecule has 28 heavy (non-hydrogen) atoms. The molecule has 1 fully saturated rings. The first-order chi connectivity index (χ1) is 13.6. The maximum atomic E-state index is 13.0. The molecule has 0 radical (unpaired) electrons. The maximum Gasteiger partial charge on any atom is 0.181 e. The largest absolute Gasteiger partial charge is 0.223 e. The Bertz CT molecular complexity index is 936. The molecular formula is C24H27O2S2+. The Morgan fingerprint density at radius 3 is 2.07 bits per heavy atom. The summed E-state index contributed by atoms with van der Waals surface area (Å²) in [5, 5.41) is -0.233. The van der Waals surface area contributed by atoms with E-state index < -0.39 is 9.84 Å². The van der Waals surface area contributed by atoms with Crippen molar-refractivity contribution in [2.75, 3.05) is 0 Å². The predicted octanol–water partition coefficient (Wildman–Crippen LogP) is 6.09. The molecule has 1 unspecified atom stereocenters. The number of hydrogen-bond acceptors (Lipinski definition) is 2. The molecule has 2 nitrogen and oxygen atoms in total. The second-order valence-corrected chi connectivity index (χ2v) is 11.2. The van der Waals surface area contributed by atoms with E-state index in [4.69, 9.17) is 0 Å². The molecule has 3 rings (SSSR count). The fraction of sp³-hybridized carbons (Fsp3) is 0.250. The van der Waals surface area contributed by atoms with Crippen LogP contribution in [0.2, 0.25) is 0 Å². The van der Waals surface area contributed by atoms with Crippen LogP contribution in [0.3, 0.4) is 0 Å². The van der Waals surface area contributed by atoms with Crippen molar-refractivity contribution in [3.05, 3.63) is 90.9 Å². The van der Waals surface area contributed by atoms with Gasteiger partial charge in [0.2, 0.25) is 0 Å². The highest BCUT2D eigenvalue weighted by molar-refractivity contribution is 8.00. The third kappa shape index (κ3) is 4.50. The first-order valence-corrected chi connectivity index (χ1v) is 12.4. The molecule has 0 bridgehead atoms. The minimum Gasteiger partial charge on any atom is -0.223 e. The molecule has 2 aromatic rings. The van der Waals surface area contributed by atoms with Gasteiger partial charge in [-0.3, -0.25) is 0 Å². The molecule has 146 valence electrons. The third-order valence-electron chi connectivity index (χ3n) is 5.08. The Labute approximate surface area is 172 Å². The van der Waals surface area contributed by atoms with Crippen LogP contribution in [0.1, 0.15) is 32.1 Å². The van der Waals surface area contributed by atoms with Gasteiger partial charge in [0.15, 0.2) is 24.5 Å². The summed E-state index contributed by atoms with van der Waals surface area (Å²) in [5.74, 6) is 0. The van der Waals surface area contributed by atoms with Crippen LogP contribution in [-0.2, 0) is 20.7 Å². The monoisotopic (exact) mass is 411 g/mol. The van der Waals surface area contributed by atoms with E-state index >= 15 is 0 Å². The van der Waals surface area contributed by atoms with Gasteiger partial charge in [-0.2, -0.15) is 0 Å². The summed E-state index contributed by atoms with van der Waals surface area (Å²) in [6.07, 6.45) is 10.3. The lowest BCUT2D eigenvalue weighted by atomic mass is 10.0. The maximum absolute atomic E-state index is 13.0. The molecular weight excluding hydrogens is 384 g/mol. The Kier molecular flexibility index (Phi) is 6.97. The van der Waals surface area contributed by atoms with Gasteiger partial charge in [-0.05, 0) is 61.4 Å². The van der Waals surface area contributed by atoms with Crippen LogP contribution in [0.25, 0.3) is 0 Å². The number of sulfone groups is 1. The molecule has 2 aromatic carbocycles. The van der Waals surface area contributed by atoms with Crippen molar-refractivity contribution in [2.45, 2.75) is 52.0 Å². The normalized spacial score (nSPS) is 17.1. The standard InChI is InChI=1S/C24H27O2S2/c1-3-11-20(4-2)27(21-12-7-5-8-13-21)22-16-18-24(19-17-22)28(25,26)23-14-9-6-10-15-23/h3-5,7-8,11-13,16-19,23H,1-2,6,9-10,14-15H2/q+1/b20-11+. The highest BCUT2D eigenvalue weighted by Crippen LogP contribution is 2.33. The van der Waals surface area contributed by atoms with Crippen molar-refractivity contribution < 1.29 is 8.42 Å². The summed E-state index contributed by atoms with van der Waals surface area (Å²) in [6.45, 7) is 7.78. The van der Waals surface area contributed by atoms with E-state index in [0.717, 1.165) is 41.9 Å². The second kappa shape index (κ2) is 9.44. The first-order valence-electron chi connectivity index (χ1n) is 9.66. The quantitative estimate of drug-likeness (QED) is 0.408. The van der Waals surface area contributed by atoms with Crippen LogP contribution >= 0.6 is 0 Å². The lowest BCUT2D eigenvalue weighted by Gasteiger charge is -2.21. The van der Waals surface area contributed by atoms with Crippen LogP contribution in [0.5, 0.6) is 0 Å². The van der Waals surface area contributed by atoms with Gasteiger partial charge in [0.1, 0.15) is 0 Å². The minimum atomic E-state index is -3.25. The summed E-state index contributed by atoms with van der Waals surface area (Å²) >= 11 is 0. The van der Waals surface area contributed by atoms with Gasteiger partial charge in [-0.25, -0.2) is 8.42 Å². The topological polar surface area (TPSA) is 34.1 Å². The van der Waals surface area contributed by atoms with Crippen LogP contribution in [0.15, 0.2) is 106 Å². The summed E-state index contributed by atoms with van der Waals surface area (Å²) < 4.78 is 26.0. The van der Waals surface area contributed by atoms with Gasteiger partial charge < -0.3 is 0 Å². The average molecular weight is 412 g/mol. The number of hydrogen-bond donors (Lipinski definition) is 0. The van der Waals surface area contributed by atoms with Gasteiger partial charge in [-0.15, -0.1) is 0 Å². The number of benzene rings is 2. The van der Waals surface area contributed by atoms with Crippen LogP contribution in [0, 0.1) is 0 Å². The van der Waals surface area contributed by atoms with Crippen molar-refractivity contribution in [1.29, 1.82) is 0 Å². The third-order valence-corrected chi connectivity index (χ3v) is 9.62. The van der Waals surface area contributed by atoms with Gasteiger partial charge in [0.25, 0.3) is 0 Å². The smallest absolute Gasteiger partial charge is 0.181 e. The Hall–Kier alpha value is -2.04. The highest BCUT2D eigenvalue weighted by Gasteiger charge is 2.32. The zero-order valence-electron chi connectivity index (χ0n) is 16.1. The molecule has 4 heteroatoms. The lowest BCUT2D eigenvalue weighted by molar-refractivity contribution is 0.483. The van der Waals surface area contributed by atoms with E-state index in [1.807, 2.05) is 42.5 Å². The molecule has 0 heterocycles. The average Bonchev–Trinajstić information content (AvgIpc) is 2.75. The molecule has 0 aromatic heterocycles. The first kappa shape index (κ1) is 20.7. The molecule has 1 saturated carbocycles. The fourth-order valence-corrected chi connectivity index (χ4v) is 7.54. The van der Waals surface area contributed by atoms with Gasteiger partial charge in [-0.1, -0.05) is 56.7 Å². The SMILES string of the molecule is C=C/C=C(\C=C)[S+](c1ccccc1)c1ccc(S(=O)(=O)C2CCCCC2)cc1. The summed E-state index contributed by atoms with van der Waals surface area (Å²) in [7, 11) is -3.60. The highest BCUT2D eigenvalue weighted by atomic mass is 32.2. The summed E-state index contributed by atoms with van der Waals surface area (Å²) in [4.78, 5) is 3.73. The Morgan fingerprint density at radius 1 is 0.893 bits per heavy atom. The van der Waals surface area contributed by atoms with Crippen molar-refractivity contribution in [3.63, 3.8) is 0 Å². The van der Waals surface area contributed by atoms with E-state index in [1.165, 1.54) is 4.90 Å². The number of rotatable bonds is 7. The van der Waals surface area contributed by atoms with Crippen molar-refractivity contribution >= 4 is 20.7 Å². The van der Waals surface area contributed by atoms with E-state index in [-0.39, 0.29) is 16.1 Å². The van der Waals surface area contributed by atoms with Gasteiger partial charge in [0.05, 0.1) is 21.0 Å². The summed E-state index contributed by atoms with van der Waals surface area (Å²) in [6, 6.07) is 17.7. The fourth-order valence-electron chi connectivity index (χ4n) is 3.63. The molecule has 1 aliphatic carbocycles. The van der Waals surface area contributed by atoms with Crippen molar-refractivity contribution in [2.24, 2.45) is 0 Å². The number of allylic oxidation sites excluding steroid dienone is 3. The van der Waals surface area contributed by atoms with Gasteiger partial charge in [0, 0.05) is 0 Å². The Morgan fingerprint density at radius 2 is 1.50 bits per heavy atom. The molecule has 1 atom stereocenters. The molecule has 0 amide bonds. The van der Waals surface area contributed by atoms with E-state index in [2.05, 4.69) is 25.3 Å². The molecule has 0 saturated heterocycles. The molecule has 0 aliphatic heterocycles. The van der Waals surface area contributed by atoms with E-state index in [1.54, 1.807) is 18.2 Å². The van der Waals surface area contributed by atoms with E-state index in [9.17, 15) is 8.42 Å². The van der Waals surface area contributed by atoms with Crippen LogP contribution < -0.4 is 0 Å². The van der Waals surface area contributed by atoms with Crippen LogP contribution in [-0.4, -0.2) is 13.7 Å². The molecule has 1 aliphatic rings. The predicted molar refractivity (Wildman–Crippen MR) is 119 cm³/mol. The Balaban J connectivity index is 1.97.